The van der Waals surface area contributed by atoms with Crippen molar-refractivity contribution in [2.24, 2.45) is 5.73 Å². The first kappa shape index (κ1) is 16.4. The van der Waals surface area contributed by atoms with Crippen LogP contribution in [0.2, 0.25) is 0 Å². The van der Waals surface area contributed by atoms with Crippen LogP contribution in [-0.2, 0) is 17.8 Å². The number of quaternary nitrogens is 1. The minimum absolute atomic E-state index is 0.170. The lowest BCUT2D eigenvalue weighted by Crippen LogP contribution is -3.14. The van der Waals surface area contributed by atoms with Gasteiger partial charge in [0.25, 0.3) is 5.91 Å². The Morgan fingerprint density at radius 2 is 2.00 bits per heavy atom. The standard InChI is InChI=1S/C22H29N3O/c23-21(26)14-24-11-12-25-19-10-9-16(15-5-2-1-3-6-15)13-18(19)17-7-4-8-20(24)22(17)25/h9-10,13,15,20H,1-8,11-12,14H2,(H2,23,26)/p+1/t20-/m0/s1. The number of nitrogens with one attached hydrogen (secondary N) is 1. The van der Waals surface area contributed by atoms with Crippen molar-refractivity contribution in [3.05, 3.63) is 35.0 Å². The minimum atomic E-state index is -0.170. The van der Waals surface area contributed by atoms with Gasteiger partial charge in [-0.2, -0.15) is 0 Å². The third-order valence-corrected chi connectivity index (χ3v) is 7.11. The zero-order valence-corrected chi connectivity index (χ0v) is 15.6. The average molecular weight is 353 g/mol. The van der Waals surface area contributed by atoms with Crippen molar-refractivity contribution in [2.45, 2.75) is 69.9 Å². The molecule has 2 atom stereocenters. The number of carbonyl (C=O) groups excluding carboxylic acids is 1. The summed E-state index contributed by atoms with van der Waals surface area (Å²) in [7, 11) is 0. The second kappa shape index (κ2) is 6.41. The summed E-state index contributed by atoms with van der Waals surface area (Å²) >= 11 is 0. The van der Waals surface area contributed by atoms with E-state index < -0.39 is 0 Å². The smallest absolute Gasteiger partial charge is 0.272 e. The van der Waals surface area contributed by atoms with Crippen molar-refractivity contribution in [1.82, 2.24) is 4.57 Å². The lowest BCUT2D eigenvalue weighted by atomic mass is 9.83. The zero-order valence-electron chi connectivity index (χ0n) is 15.6. The van der Waals surface area contributed by atoms with E-state index in [0.29, 0.717) is 12.6 Å². The lowest BCUT2D eigenvalue weighted by molar-refractivity contribution is -0.929. The number of hydrogen-bond acceptors (Lipinski definition) is 1. The number of carbonyl (C=O) groups is 1. The number of rotatable bonds is 3. The molecular formula is C22H30N3O+. The first-order valence-electron chi connectivity index (χ1n) is 10.5. The molecule has 1 saturated carbocycles. The summed E-state index contributed by atoms with van der Waals surface area (Å²) in [4.78, 5) is 12.9. The molecule has 1 unspecified atom stereocenters. The molecule has 0 spiro atoms. The summed E-state index contributed by atoms with van der Waals surface area (Å²) in [6, 6.07) is 7.74. The van der Waals surface area contributed by atoms with Gasteiger partial charge in [-0.1, -0.05) is 25.3 Å². The van der Waals surface area contributed by atoms with E-state index in [1.807, 2.05) is 0 Å². The van der Waals surface area contributed by atoms with E-state index in [2.05, 4.69) is 22.8 Å². The summed E-state index contributed by atoms with van der Waals surface area (Å²) < 4.78 is 2.56. The van der Waals surface area contributed by atoms with Crippen LogP contribution in [0.1, 0.15) is 73.7 Å². The Bertz CT molecular complexity index is 847. The number of aryl methyl sites for hydroxylation is 1. The van der Waals surface area contributed by atoms with Crippen LogP contribution in [0.25, 0.3) is 10.9 Å². The molecular weight excluding hydrogens is 322 g/mol. The highest BCUT2D eigenvalue weighted by Crippen LogP contribution is 2.40. The average Bonchev–Trinajstić information content (AvgIpc) is 2.99. The molecule has 1 aliphatic heterocycles. The second-order valence-corrected chi connectivity index (χ2v) is 8.62. The van der Waals surface area contributed by atoms with E-state index in [1.54, 1.807) is 11.1 Å². The van der Waals surface area contributed by atoms with Gasteiger partial charge in [-0.15, -0.1) is 0 Å². The Morgan fingerprint density at radius 1 is 1.15 bits per heavy atom. The summed E-state index contributed by atoms with van der Waals surface area (Å²) in [5.41, 5.74) is 11.6. The predicted molar refractivity (Wildman–Crippen MR) is 103 cm³/mol. The maximum absolute atomic E-state index is 11.5. The summed E-state index contributed by atoms with van der Waals surface area (Å²) in [6.45, 7) is 2.49. The van der Waals surface area contributed by atoms with Crippen molar-refractivity contribution < 1.29 is 9.69 Å². The quantitative estimate of drug-likeness (QED) is 0.876. The number of hydrogen-bond donors (Lipinski definition) is 2. The highest BCUT2D eigenvalue weighted by atomic mass is 16.1. The van der Waals surface area contributed by atoms with Gasteiger partial charge in [0, 0.05) is 17.3 Å². The molecule has 2 heterocycles. The van der Waals surface area contributed by atoms with E-state index in [0.717, 1.165) is 19.0 Å². The maximum Gasteiger partial charge on any atom is 0.272 e. The normalized spacial score (nSPS) is 26.0. The Hall–Kier alpha value is -1.81. The molecule has 1 amide bonds. The molecule has 5 rings (SSSR count). The largest absolute Gasteiger partial charge is 0.365 e. The SMILES string of the molecule is NC(=O)C[NH+]1CCn2c3c(c4cc(C5CCCCC5)ccc42)CCC[C@@H]31. The van der Waals surface area contributed by atoms with Gasteiger partial charge in [0.2, 0.25) is 0 Å². The zero-order chi connectivity index (χ0) is 17.7. The highest BCUT2D eigenvalue weighted by molar-refractivity contribution is 5.87. The molecule has 0 radical (unpaired) electrons. The maximum atomic E-state index is 11.5. The van der Waals surface area contributed by atoms with Crippen molar-refractivity contribution in [2.75, 3.05) is 13.1 Å². The molecule has 1 aromatic heterocycles. The van der Waals surface area contributed by atoms with Gasteiger partial charge in [-0.3, -0.25) is 4.79 Å². The van der Waals surface area contributed by atoms with Gasteiger partial charge in [0.15, 0.2) is 6.54 Å². The molecule has 26 heavy (non-hydrogen) atoms. The minimum Gasteiger partial charge on any atom is -0.365 e. The van der Waals surface area contributed by atoms with Gasteiger partial charge in [-0.05, 0) is 54.9 Å². The molecule has 2 aromatic rings. The fraction of sp³-hybridized carbons (Fsp3) is 0.591. The van der Waals surface area contributed by atoms with E-state index in [9.17, 15) is 4.79 Å². The molecule has 0 saturated heterocycles. The van der Waals surface area contributed by atoms with Crippen molar-refractivity contribution in [1.29, 1.82) is 0 Å². The van der Waals surface area contributed by atoms with Gasteiger partial charge >= 0.3 is 0 Å². The fourth-order valence-electron chi connectivity index (χ4n) is 5.94. The summed E-state index contributed by atoms with van der Waals surface area (Å²) in [6.07, 6.45) is 10.5. The van der Waals surface area contributed by atoms with E-state index in [1.165, 1.54) is 72.9 Å². The van der Waals surface area contributed by atoms with Crippen LogP contribution in [0.3, 0.4) is 0 Å². The van der Waals surface area contributed by atoms with Crippen LogP contribution in [-0.4, -0.2) is 23.6 Å². The van der Waals surface area contributed by atoms with Crippen LogP contribution in [0, 0.1) is 0 Å². The summed E-state index contributed by atoms with van der Waals surface area (Å²) in [5, 5.41) is 1.49. The number of aromatic nitrogens is 1. The van der Waals surface area contributed by atoms with E-state index in [4.69, 9.17) is 5.73 Å². The van der Waals surface area contributed by atoms with Gasteiger partial charge in [0.05, 0.1) is 18.8 Å². The Labute approximate surface area is 155 Å². The molecule has 3 aliphatic rings. The lowest BCUT2D eigenvalue weighted by Gasteiger charge is -2.36. The second-order valence-electron chi connectivity index (χ2n) is 8.62. The third-order valence-electron chi connectivity index (χ3n) is 7.11. The number of amides is 1. The molecule has 4 nitrogen and oxygen atoms in total. The molecule has 2 aliphatic carbocycles. The fourth-order valence-corrected chi connectivity index (χ4v) is 5.94. The van der Waals surface area contributed by atoms with Gasteiger partial charge in [0.1, 0.15) is 6.04 Å². The van der Waals surface area contributed by atoms with Crippen LogP contribution < -0.4 is 10.6 Å². The number of benzene rings is 1. The molecule has 138 valence electrons. The highest BCUT2D eigenvalue weighted by Gasteiger charge is 2.38. The van der Waals surface area contributed by atoms with E-state index in [-0.39, 0.29) is 5.91 Å². The van der Waals surface area contributed by atoms with Crippen LogP contribution >= 0.6 is 0 Å². The Morgan fingerprint density at radius 3 is 2.81 bits per heavy atom. The van der Waals surface area contributed by atoms with Crippen molar-refractivity contribution in [3.63, 3.8) is 0 Å². The molecule has 4 heteroatoms. The number of primary amides is 1. The van der Waals surface area contributed by atoms with Crippen LogP contribution in [0.15, 0.2) is 18.2 Å². The monoisotopic (exact) mass is 352 g/mol. The van der Waals surface area contributed by atoms with Gasteiger partial charge < -0.3 is 15.2 Å². The first-order chi connectivity index (χ1) is 12.7. The Balaban J connectivity index is 1.59. The number of nitrogens with two attached hydrogens (primary N) is 1. The molecule has 1 fully saturated rings. The third kappa shape index (κ3) is 2.58. The Kier molecular flexibility index (Phi) is 4.04. The topological polar surface area (TPSA) is 52.5 Å². The molecule has 3 N–H and O–H groups in total. The number of fused-ring (bicyclic) bond motifs is 3. The number of nitrogens with zero attached hydrogens (tertiary/aromatic N) is 1. The molecule has 1 aromatic carbocycles. The van der Waals surface area contributed by atoms with Crippen LogP contribution in [0.4, 0.5) is 0 Å². The van der Waals surface area contributed by atoms with E-state index >= 15 is 0 Å². The molecule has 0 bridgehead atoms. The van der Waals surface area contributed by atoms with Gasteiger partial charge in [-0.25, -0.2) is 0 Å². The van der Waals surface area contributed by atoms with Crippen LogP contribution in [0.5, 0.6) is 0 Å². The first-order valence-corrected chi connectivity index (χ1v) is 10.5. The van der Waals surface area contributed by atoms with Crippen molar-refractivity contribution in [3.8, 4) is 0 Å². The summed E-state index contributed by atoms with van der Waals surface area (Å²) in [5.74, 6) is 0.588. The predicted octanol–water partition coefficient (Wildman–Crippen LogP) is 2.45. The van der Waals surface area contributed by atoms with Crippen molar-refractivity contribution >= 4 is 16.8 Å².